The Hall–Kier alpha value is -7.42. The van der Waals surface area contributed by atoms with Crippen LogP contribution in [0.25, 0.3) is 87.6 Å². The standard InChI is InChI=1S/C57H39NO/c1-57(2)49-25-11-9-20-44(49)46-23-13-26-50(56(46)57)58(51-35-38-16-4-5-17-40(38)43-19-7-8-21-45(43)51)39-32-29-37(30-33-39)42-34-31-36-15-3-6-18-41(36)54(42)48-24-14-28-53-55(48)47-22-10-12-27-52(47)59-53/h3-35H,1-2H3/i3D,6D,10D,12D,14D,15D,18D,22D,24D,27D,28D,29D,30D,31D,32D,33D,34D. The van der Waals surface area contributed by atoms with Gasteiger partial charge in [-0.3, -0.25) is 0 Å². The quantitative estimate of drug-likeness (QED) is 0.162. The second kappa shape index (κ2) is 12.8. The molecule has 2 heteroatoms. The molecule has 1 heterocycles. The third-order valence-electron chi connectivity index (χ3n) is 11.6. The molecule has 12 rings (SSSR count). The van der Waals surface area contributed by atoms with E-state index >= 15 is 0 Å². The van der Waals surface area contributed by atoms with E-state index in [1.807, 2.05) is 91.0 Å². The van der Waals surface area contributed by atoms with Gasteiger partial charge in [0.15, 0.2) is 0 Å². The van der Waals surface area contributed by atoms with E-state index < -0.39 is 152 Å². The van der Waals surface area contributed by atoms with Crippen molar-refractivity contribution < 1.29 is 27.7 Å². The Morgan fingerprint density at radius 1 is 0.475 bits per heavy atom. The first-order chi connectivity index (χ1) is 36.1. The Bertz CT molecular complexity index is 4460. The van der Waals surface area contributed by atoms with Gasteiger partial charge in [0.1, 0.15) is 11.2 Å². The Morgan fingerprint density at radius 3 is 2.07 bits per heavy atom. The number of fused-ring (bicyclic) bond motifs is 10. The molecule has 0 fully saturated rings. The van der Waals surface area contributed by atoms with E-state index in [1.165, 1.54) is 0 Å². The number of nitrogens with zero attached hydrogens (tertiary/aromatic N) is 1. The van der Waals surface area contributed by atoms with Gasteiger partial charge in [0.2, 0.25) is 0 Å². The van der Waals surface area contributed by atoms with Gasteiger partial charge in [-0.1, -0.05) is 177 Å². The van der Waals surface area contributed by atoms with E-state index in [4.69, 9.17) is 16.8 Å². The summed E-state index contributed by atoms with van der Waals surface area (Å²) in [5.41, 5.74) is 0.694. The van der Waals surface area contributed by atoms with Crippen LogP contribution in [0.1, 0.15) is 48.3 Å². The number of para-hydroxylation sites is 1. The minimum atomic E-state index is -0.845. The normalized spacial score (nSPS) is 17.1. The van der Waals surface area contributed by atoms with E-state index in [1.54, 1.807) is 4.90 Å². The monoisotopic (exact) mass is 770 g/mol. The summed E-state index contributed by atoms with van der Waals surface area (Å²) in [7, 11) is 0. The van der Waals surface area contributed by atoms with Crippen molar-refractivity contribution in [1.82, 2.24) is 0 Å². The van der Waals surface area contributed by atoms with Crippen LogP contribution in [0.4, 0.5) is 17.1 Å². The summed E-state index contributed by atoms with van der Waals surface area (Å²) in [5, 5.41) is 1.52. The summed E-state index contributed by atoms with van der Waals surface area (Å²) >= 11 is 0. The fourth-order valence-electron chi connectivity index (χ4n) is 9.03. The minimum Gasteiger partial charge on any atom is -0.456 e. The SMILES string of the molecule is [2H]c1c([2H])c(N(c2cccc3c2C(C)(C)c2ccccc2-3)c2cc3ccccc3c3ccccc23)c([2H])c([2H])c1-c1c([2H])c([2H])c2c([2H])c([2H])c([2H])c([2H])c2c1-c1c([2H])c([2H])c([2H])c2oc3c([2H])c([2H])c([2H])c([2H])c3c12. The summed E-state index contributed by atoms with van der Waals surface area (Å²) in [4.78, 5) is 1.73. The molecule has 0 N–H and O–H groups in total. The lowest BCUT2D eigenvalue weighted by Crippen LogP contribution is -2.20. The highest BCUT2D eigenvalue weighted by atomic mass is 16.3. The Morgan fingerprint density at radius 2 is 1.19 bits per heavy atom. The van der Waals surface area contributed by atoms with Crippen LogP contribution in [0.3, 0.4) is 0 Å². The van der Waals surface area contributed by atoms with E-state index in [2.05, 4.69) is 19.9 Å². The molecule has 0 saturated carbocycles. The second-order valence-corrected chi connectivity index (χ2v) is 15.1. The molecule has 0 atom stereocenters. The van der Waals surface area contributed by atoms with Gasteiger partial charge in [-0.15, -0.1) is 0 Å². The van der Waals surface area contributed by atoms with Crippen LogP contribution in [0.15, 0.2) is 204 Å². The maximum atomic E-state index is 10.2. The molecule has 0 saturated heterocycles. The number of furan rings is 1. The molecular formula is C57H39NO. The van der Waals surface area contributed by atoms with Gasteiger partial charge in [0.05, 0.1) is 34.7 Å². The lowest BCUT2D eigenvalue weighted by atomic mass is 9.81. The minimum absolute atomic E-state index is 0.200. The molecular weight excluding hydrogens is 715 g/mol. The highest BCUT2D eigenvalue weighted by molar-refractivity contribution is 6.18. The predicted octanol–water partition coefficient (Wildman–Crippen LogP) is 16.2. The van der Waals surface area contributed by atoms with Crippen molar-refractivity contribution >= 4 is 71.3 Å². The zero-order valence-corrected chi connectivity index (χ0v) is 31.6. The van der Waals surface area contributed by atoms with Crippen molar-refractivity contribution in [3.63, 3.8) is 0 Å². The summed E-state index contributed by atoms with van der Waals surface area (Å²) in [6.45, 7) is 4.17. The molecule has 10 aromatic carbocycles. The fraction of sp³-hybridized carbons (Fsp3) is 0.0526. The largest absolute Gasteiger partial charge is 0.456 e. The van der Waals surface area contributed by atoms with Gasteiger partial charge in [0, 0.05) is 27.3 Å². The van der Waals surface area contributed by atoms with Crippen molar-refractivity contribution in [1.29, 1.82) is 0 Å². The van der Waals surface area contributed by atoms with E-state index in [9.17, 15) is 11.0 Å². The van der Waals surface area contributed by atoms with Crippen LogP contribution < -0.4 is 4.90 Å². The lowest BCUT2D eigenvalue weighted by molar-refractivity contribution is 0.661. The molecule has 278 valence electrons. The number of anilines is 3. The summed E-state index contributed by atoms with van der Waals surface area (Å²) < 4.78 is 164. The molecule has 2 nitrogen and oxygen atoms in total. The number of benzene rings is 10. The van der Waals surface area contributed by atoms with Crippen molar-refractivity contribution in [2.45, 2.75) is 19.3 Å². The number of hydrogen-bond donors (Lipinski definition) is 0. The summed E-state index contributed by atoms with van der Waals surface area (Å²) in [5.74, 6) is 0. The van der Waals surface area contributed by atoms with Crippen molar-refractivity contribution in [3.8, 4) is 33.4 Å². The molecule has 0 amide bonds. The average molecular weight is 771 g/mol. The zero-order valence-electron chi connectivity index (χ0n) is 48.6. The maximum absolute atomic E-state index is 10.2. The third-order valence-corrected chi connectivity index (χ3v) is 11.6. The Kier molecular flexibility index (Phi) is 4.52. The van der Waals surface area contributed by atoms with E-state index in [0.717, 1.165) is 38.4 Å². The van der Waals surface area contributed by atoms with Gasteiger partial charge in [0.25, 0.3) is 0 Å². The molecule has 59 heavy (non-hydrogen) atoms. The molecule has 1 aliphatic carbocycles. The lowest BCUT2D eigenvalue weighted by Gasteiger charge is -2.33. The van der Waals surface area contributed by atoms with Crippen LogP contribution in [0, 0.1) is 0 Å². The van der Waals surface area contributed by atoms with Crippen LogP contribution >= 0.6 is 0 Å². The number of hydrogen-bond acceptors (Lipinski definition) is 2. The molecule has 11 aromatic rings. The molecule has 0 radical (unpaired) electrons. The summed E-state index contributed by atoms with van der Waals surface area (Å²) in [6, 6.07) is 18.5. The smallest absolute Gasteiger partial charge is 0.136 e. The molecule has 1 aromatic heterocycles. The first-order valence-electron chi connectivity index (χ1n) is 27.6. The topological polar surface area (TPSA) is 16.4 Å². The molecule has 0 aliphatic heterocycles. The molecule has 0 spiro atoms. The van der Waals surface area contributed by atoms with Crippen molar-refractivity contribution in [3.05, 3.63) is 211 Å². The zero-order chi connectivity index (χ0) is 54.0. The summed E-state index contributed by atoms with van der Waals surface area (Å²) in [6.07, 6.45) is 0. The van der Waals surface area contributed by atoms with Crippen LogP contribution in [0.5, 0.6) is 0 Å². The Labute approximate surface area is 367 Å². The van der Waals surface area contributed by atoms with Crippen molar-refractivity contribution in [2.24, 2.45) is 0 Å². The van der Waals surface area contributed by atoms with Gasteiger partial charge in [-0.25, -0.2) is 0 Å². The predicted molar refractivity (Wildman–Crippen MR) is 249 cm³/mol. The van der Waals surface area contributed by atoms with E-state index in [0.29, 0.717) is 16.8 Å². The average Bonchev–Trinajstić information content (AvgIpc) is 4.09. The first-order valence-corrected chi connectivity index (χ1v) is 19.1. The molecule has 0 bridgehead atoms. The maximum Gasteiger partial charge on any atom is 0.136 e. The second-order valence-electron chi connectivity index (χ2n) is 15.1. The highest BCUT2D eigenvalue weighted by Crippen LogP contribution is 2.55. The van der Waals surface area contributed by atoms with Gasteiger partial charge >= 0.3 is 0 Å². The Balaban J connectivity index is 1.26. The van der Waals surface area contributed by atoms with Crippen LogP contribution in [-0.4, -0.2) is 0 Å². The fourth-order valence-corrected chi connectivity index (χ4v) is 9.03. The van der Waals surface area contributed by atoms with Gasteiger partial charge < -0.3 is 9.32 Å². The van der Waals surface area contributed by atoms with E-state index in [-0.39, 0.29) is 16.5 Å². The third kappa shape index (κ3) is 5.00. The highest BCUT2D eigenvalue weighted by Gasteiger charge is 2.39. The molecule has 1 aliphatic rings. The van der Waals surface area contributed by atoms with Gasteiger partial charge in [-0.2, -0.15) is 0 Å². The first kappa shape index (κ1) is 20.8. The van der Waals surface area contributed by atoms with Crippen molar-refractivity contribution in [2.75, 3.05) is 4.90 Å². The number of rotatable bonds is 5. The van der Waals surface area contributed by atoms with Crippen LogP contribution in [-0.2, 0) is 5.41 Å². The molecule has 0 unspecified atom stereocenters. The van der Waals surface area contributed by atoms with Crippen LogP contribution in [0.2, 0.25) is 0 Å². The van der Waals surface area contributed by atoms with Gasteiger partial charge in [-0.05, 0) is 108 Å².